The third kappa shape index (κ3) is 8.58. The number of hydrogen-bond acceptors (Lipinski definition) is 7. The fourth-order valence-electron chi connectivity index (χ4n) is 4.12. The molecule has 0 aliphatic rings. The summed E-state index contributed by atoms with van der Waals surface area (Å²) in [6, 6.07) is 9.03. The van der Waals surface area contributed by atoms with Gasteiger partial charge in [-0.05, 0) is 90.7 Å². The van der Waals surface area contributed by atoms with E-state index in [-0.39, 0.29) is 48.4 Å². The van der Waals surface area contributed by atoms with E-state index in [1.165, 1.54) is 6.07 Å². The molecule has 0 fully saturated rings. The van der Waals surface area contributed by atoms with E-state index in [2.05, 4.69) is 135 Å². The van der Waals surface area contributed by atoms with Gasteiger partial charge in [0.1, 0.15) is 34.0 Å². The van der Waals surface area contributed by atoms with Crippen molar-refractivity contribution in [2.45, 2.75) is 156 Å². The van der Waals surface area contributed by atoms with Crippen molar-refractivity contribution in [3.8, 4) is 40.1 Å². The minimum Gasteiger partial charge on any atom is -0.543 e. The first kappa shape index (κ1) is 41.9. The molecule has 2 aromatic carbocycles. The summed E-state index contributed by atoms with van der Waals surface area (Å²) < 4.78 is 33.9. The lowest BCUT2D eigenvalue weighted by Crippen LogP contribution is -2.45. The molecule has 280 valence electrons. The molecule has 1 heterocycles. The van der Waals surface area contributed by atoms with Gasteiger partial charge in [-0.2, -0.15) is 0 Å². The maximum absolute atomic E-state index is 14.5. The molecule has 11 heteroatoms. The van der Waals surface area contributed by atoms with E-state index in [9.17, 15) is 9.90 Å². The first-order valence-corrected chi connectivity index (χ1v) is 29.5. The second-order valence-electron chi connectivity index (χ2n) is 20.0. The second kappa shape index (κ2) is 13.2. The van der Waals surface area contributed by atoms with E-state index >= 15 is 0 Å². The van der Waals surface area contributed by atoms with Crippen LogP contribution >= 0.6 is 0 Å². The van der Waals surface area contributed by atoms with Gasteiger partial charge >= 0.3 is 0 Å². The topological polar surface area (TPSA) is 87.4 Å². The summed E-state index contributed by atoms with van der Waals surface area (Å²) in [6.45, 7) is 43.5. The summed E-state index contributed by atoms with van der Waals surface area (Å²) in [7, 11) is -9.40. The number of benzene rings is 2. The monoisotopic (exact) mass is 758 g/mol. The largest absolute Gasteiger partial charge is 0.543 e. The van der Waals surface area contributed by atoms with Crippen LogP contribution in [0.3, 0.4) is 0 Å². The van der Waals surface area contributed by atoms with E-state index in [1.54, 1.807) is 6.07 Å². The Labute approximate surface area is 306 Å². The smallest absolute Gasteiger partial charge is 0.250 e. The summed E-state index contributed by atoms with van der Waals surface area (Å²) in [4.78, 5) is 14.5. The Balaban J connectivity index is 2.44. The van der Waals surface area contributed by atoms with Crippen LogP contribution in [0.15, 0.2) is 39.5 Å². The molecular weight excluding hydrogens is 693 g/mol. The molecule has 50 heavy (non-hydrogen) atoms. The third-order valence-corrected chi connectivity index (χ3v) is 29.2. The SMILES string of the molecule is CC(C)(C)[Si](C)(C)Oc1cc(O)c2c(=O)c(O[Si](C)(C)C(C)(C)C)c(-c3ccc(O[Si](C)(C)C(C)(C)C)c(O[Si](C)(C)C(C)(C)C)c3)oc2c1. The fourth-order valence-corrected chi connectivity index (χ4v) is 8.18. The molecule has 0 atom stereocenters. The van der Waals surface area contributed by atoms with E-state index in [0.29, 0.717) is 22.8 Å². The van der Waals surface area contributed by atoms with Gasteiger partial charge in [0.25, 0.3) is 25.0 Å². The van der Waals surface area contributed by atoms with Crippen molar-refractivity contribution in [1.82, 2.24) is 0 Å². The first-order chi connectivity index (χ1) is 22.1. The summed E-state index contributed by atoms with van der Waals surface area (Å²) in [5.74, 6) is 1.95. The van der Waals surface area contributed by atoms with E-state index < -0.39 is 38.7 Å². The van der Waals surface area contributed by atoms with Crippen molar-refractivity contribution in [3.63, 3.8) is 0 Å². The number of aromatic hydroxyl groups is 1. The van der Waals surface area contributed by atoms with E-state index in [0.717, 1.165) is 0 Å². The normalized spacial score (nSPS) is 14.2. The molecule has 3 aromatic rings. The highest BCUT2D eigenvalue weighted by Crippen LogP contribution is 2.47. The van der Waals surface area contributed by atoms with Crippen molar-refractivity contribution in [2.24, 2.45) is 0 Å². The van der Waals surface area contributed by atoms with Gasteiger partial charge in [0.2, 0.25) is 13.7 Å². The molecule has 0 unspecified atom stereocenters. The molecule has 0 radical (unpaired) electrons. The van der Waals surface area contributed by atoms with Gasteiger partial charge in [-0.25, -0.2) is 0 Å². The number of phenolic OH excluding ortho intramolecular Hbond substituents is 1. The zero-order valence-corrected chi connectivity index (χ0v) is 38.8. The third-order valence-electron chi connectivity index (χ3n) is 11.8. The molecule has 0 amide bonds. The van der Waals surface area contributed by atoms with Gasteiger partial charge in [-0.15, -0.1) is 0 Å². The lowest BCUT2D eigenvalue weighted by atomic mass is 10.1. The van der Waals surface area contributed by atoms with E-state index in [1.807, 2.05) is 18.2 Å². The predicted molar refractivity (Wildman–Crippen MR) is 221 cm³/mol. The summed E-state index contributed by atoms with van der Waals surface area (Å²) in [6.07, 6.45) is 0. The molecule has 0 aliphatic carbocycles. The fraction of sp³-hybridized carbons (Fsp3) is 0.615. The number of rotatable bonds is 9. The van der Waals surface area contributed by atoms with Gasteiger partial charge < -0.3 is 27.2 Å². The molecule has 1 N–H and O–H groups in total. The highest BCUT2D eigenvalue weighted by Gasteiger charge is 2.44. The molecule has 0 saturated carbocycles. The lowest BCUT2D eigenvalue weighted by molar-refractivity contribution is 0.440. The van der Waals surface area contributed by atoms with Gasteiger partial charge in [0.05, 0.1) is 0 Å². The highest BCUT2D eigenvalue weighted by atomic mass is 28.4. The maximum atomic E-state index is 14.5. The average molecular weight is 759 g/mol. The van der Waals surface area contributed by atoms with Crippen LogP contribution in [-0.2, 0) is 0 Å². The van der Waals surface area contributed by atoms with Crippen molar-refractivity contribution < 1.29 is 27.2 Å². The Morgan fingerprint density at radius 1 is 0.560 bits per heavy atom. The van der Waals surface area contributed by atoms with E-state index in [4.69, 9.17) is 22.1 Å². The maximum Gasteiger partial charge on any atom is 0.250 e. The molecule has 1 aromatic heterocycles. The molecular formula is C39H66O7Si4. The van der Waals surface area contributed by atoms with Crippen LogP contribution in [0.25, 0.3) is 22.3 Å². The number of hydrogen-bond donors (Lipinski definition) is 1. The Morgan fingerprint density at radius 3 is 1.44 bits per heavy atom. The van der Waals surface area contributed by atoms with Gasteiger partial charge in [-0.3, -0.25) is 4.79 Å². The number of fused-ring (bicyclic) bond motifs is 1. The standard InChI is InChI=1S/C39H66O7Si4/c1-36(2,3)47(13,14)43-27-24-28(40)32-31(25-27)42-34(35(33(32)41)46-50(19,20)39(10,11)12)26-21-22-29(44-48(15,16)37(4,5)6)30(23-26)45-49(17,18)38(7,8)9/h21-25,40H,1-20H3. The molecule has 0 bridgehead atoms. The Kier molecular flexibility index (Phi) is 11.1. The van der Waals surface area contributed by atoms with Gasteiger partial charge in [0, 0.05) is 17.7 Å². The van der Waals surface area contributed by atoms with Crippen LogP contribution in [0.5, 0.6) is 28.7 Å². The second-order valence-corrected chi connectivity index (χ2v) is 38.9. The van der Waals surface area contributed by atoms with Crippen molar-refractivity contribution in [1.29, 1.82) is 0 Å². The quantitative estimate of drug-likeness (QED) is 0.217. The lowest BCUT2D eigenvalue weighted by Gasteiger charge is -2.40. The zero-order chi connectivity index (χ0) is 38.8. The number of phenols is 1. The summed E-state index contributed by atoms with van der Waals surface area (Å²) in [5.41, 5.74) is 0.440. The van der Waals surface area contributed by atoms with Crippen LogP contribution in [0.2, 0.25) is 72.5 Å². The van der Waals surface area contributed by atoms with Crippen LogP contribution in [0.4, 0.5) is 0 Å². The Bertz CT molecular complexity index is 1780. The highest BCUT2D eigenvalue weighted by molar-refractivity contribution is 6.76. The Morgan fingerprint density at radius 2 is 0.980 bits per heavy atom. The summed E-state index contributed by atoms with van der Waals surface area (Å²) in [5, 5.41) is 11.0. The van der Waals surface area contributed by atoms with Crippen molar-refractivity contribution >= 4 is 44.2 Å². The van der Waals surface area contributed by atoms with Crippen LogP contribution < -0.4 is 23.1 Å². The molecule has 0 aliphatic heterocycles. The average Bonchev–Trinajstić information content (AvgIpc) is 2.87. The van der Waals surface area contributed by atoms with Crippen LogP contribution in [0.1, 0.15) is 83.1 Å². The predicted octanol–water partition coefficient (Wildman–Crippen LogP) is 12.7. The summed E-state index contributed by atoms with van der Waals surface area (Å²) >= 11 is 0. The van der Waals surface area contributed by atoms with Crippen molar-refractivity contribution in [2.75, 3.05) is 0 Å². The minimum absolute atomic E-state index is 0.0264. The Hall–Kier alpha value is -2.48. The van der Waals surface area contributed by atoms with Crippen LogP contribution in [-0.4, -0.2) is 38.4 Å². The first-order valence-electron chi connectivity index (χ1n) is 17.9. The molecule has 3 rings (SSSR count). The molecule has 0 saturated heterocycles. The van der Waals surface area contributed by atoms with Gasteiger partial charge in [-0.1, -0.05) is 83.1 Å². The zero-order valence-electron chi connectivity index (χ0n) is 34.8. The van der Waals surface area contributed by atoms with Crippen molar-refractivity contribution in [3.05, 3.63) is 40.6 Å². The van der Waals surface area contributed by atoms with Gasteiger partial charge in [0.15, 0.2) is 11.5 Å². The minimum atomic E-state index is -2.55. The molecule has 0 spiro atoms. The van der Waals surface area contributed by atoms with Crippen LogP contribution in [0, 0.1) is 0 Å². The molecule has 7 nitrogen and oxygen atoms in total.